The van der Waals surface area contributed by atoms with Crippen LogP contribution >= 0.6 is 139 Å². The van der Waals surface area contributed by atoms with E-state index in [9.17, 15) is 0 Å². The summed E-state index contributed by atoms with van der Waals surface area (Å²) in [5, 5.41) is 0.952. The van der Waals surface area contributed by atoms with Crippen LogP contribution in [-0.2, 0) is 0 Å². The highest BCUT2D eigenvalue weighted by atomic mass is 35.5. The molecule has 5 saturated carbocycles. The largest absolute Gasteiger partial charge is 0.166 e. The Kier molecular flexibility index (Phi) is 4.68. The van der Waals surface area contributed by atoms with Gasteiger partial charge in [-0.1, -0.05) is 92.8 Å². The van der Waals surface area contributed by atoms with E-state index in [2.05, 4.69) is 0 Å². The van der Waals surface area contributed by atoms with Crippen molar-refractivity contribution < 1.29 is 0 Å². The average Bonchev–Trinajstić information content (AvgIpc) is 3.48. The van der Waals surface area contributed by atoms with Gasteiger partial charge >= 0.3 is 0 Å². The van der Waals surface area contributed by atoms with E-state index in [1.54, 1.807) is 0 Å². The zero-order valence-corrected chi connectivity index (χ0v) is 24.6. The topological polar surface area (TPSA) is 0 Å². The first kappa shape index (κ1) is 24.0. The standard InChI is InChI=1S/C20H12Cl12/c21-11-12(22)18(28)10-6(15(11,25)19(18,29)30)2-3-4-1-5(7(3)10)9-8(4)16(26)13(23)14(24)17(9,27)20(16,31)32/h3-10H,1-2H2/t3-,4-,5-,6+,7-,8+,9+,10+,15+,16-,17-,18+/m1/s1. The number of allylic oxidation sites excluding steroid dienone is 4. The van der Waals surface area contributed by atoms with Crippen molar-refractivity contribution in [1.82, 2.24) is 0 Å². The molecule has 0 amide bonds. The summed E-state index contributed by atoms with van der Waals surface area (Å²) >= 11 is 82.8. The average molecular weight is 678 g/mol. The Bertz CT molecular complexity index is 1080. The molecular weight excluding hydrogens is 666 g/mol. The molecule has 0 heterocycles. The third-order valence-corrected chi connectivity index (χ3v) is 18.8. The number of halogens is 12. The van der Waals surface area contributed by atoms with Gasteiger partial charge in [0.1, 0.15) is 19.5 Å². The summed E-state index contributed by atoms with van der Waals surface area (Å²) in [5.74, 6) is -0.0294. The van der Waals surface area contributed by atoms with Crippen LogP contribution in [0.1, 0.15) is 12.8 Å². The molecule has 6 bridgehead atoms. The summed E-state index contributed by atoms with van der Waals surface area (Å²) in [6.45, 7) is 0. The Morgan fingerprint density at radius 3 is 1.41 bits per heavy atom. The summed E-state index contributed by atoms with van der Waals surface area (Å²) in [6.07, 6.45) is 1.64. The molecule has 12 atom stereocenters. The number of hydrogen-bond donors (Lipinski definition) is 0. The van der Waals surface area contributed by atoms with Crippen LogP contribution in [0.25, 0.3) is 0 Å². The SMILES string of the molecule is ClC1=C(Cl)[C@@]2(Cl)[C@H]3C[C@@H]4[C@H]5C[C@H]([C@@H]4[C@H]3[C@@]1(Cl)C2(Cl)Cl)[C@H]1[C@H]5[C@@]2(Cl)C(Cl)=C(Cl)[C@@]1(Cl)C2(Cl)Cl. The lowest BCUT2D eigenvalue weighted by atomic mass is 9.62. The van der Waals surface area contributed by atoms with Gasteiger partial charge in [-0.2, -0.15) is 0 Å². The van der Waals surface area contributed by atoms with Crippen molar-refractivity contribution in [3.05, 3.63) is 20.1 Å². The molecule has 12 heteroatoms. The fourth-order valence-corrected chi connectivity index (χ4v) is 15.6. The van der Waals surface area contributed by atoms with Gasteiger partial charge in [-0.15, -0.1) is 46.4 Å². The van der Waals surface area contributed by atoms with Crippen molar-refractivity contribution in [1.29, 1.82) is 0 Å². The molecule has 7 aliphatic rings. The summed E-state index contributed by atoms with van der Waals surface area (Å²) in [4.78, 5) is -5.11. The predicted octanol–water partition coefficient (Wildman–Crippen LogP) is 9.43. The maximum absolute atomic E-state index is 7.23. The zero-order chi connectivity index (χ0) is 23.3. The van der Waals surface area contributed by atoms with Crippen molar-refractivity contribution in [3.8, 4) is 0 Å². The molecule has 7 aliphatic carbocycles. The summed E-state index contributed by atoms with van der Waals surface area (Å²) in [7, 11) is 0. The van der Waals surface area contributed by atoms with E-state index in [0.717, 1.165) is 12.8 Å². The van der Waals surface area contributed by atoms with Gasteiger partial charge < -0.3 is 0 Å². The van der Waals surface area contributed by atoms with Crippen molar-refractivity contribution in [3.63, 3.8) is 0 Å². The first-order valence-electron chi connectivity index (χ1n) is 10.2. The molecule has 32 heavy (non-hydrogen) atoms. The molecule has 0 nitrogen and oxygen atoms in total. The molecule has 0 unspecified atom stereocenters. The number of rotatable bonds is 0. The third kappa shape index (κ3) is 1.85. The van der Waals surface area contributed by atoms with E-state index < -0.39 is 28.2 Å². The Morgan fingerprint density at radius 1 is 0.469 bits per heavy atom. The van der Waals surface area contributed by atoms with Crippen molar-refractivity contribution in [2.24, 2.45) is 47.3 Å². The fraction of sp³-hybridized carbons (Fsp3) is 0.800. The van der Waals surface area contributed by atoms with Crippen molar-refractivity contribution in [2.45, 2.75) is 41.0 Å². The molecule has 0 aromatic rings. The lowest BCUT2D eigenvalue weighted by Crippen LogP contribution is -2.51. The van der Waals surface area contributed by atoms with Crippen LogP contribution in [0.5, 0.6) is 0 Å². The number of fused-ring (bicyclic) bond motifs is 18. The first-order chi connectivity index (χ1) is 14.6. The molecule has 5 fully saturated rings. The minimum atomic E-state index is -1.55. The van der Waals surface area contributed by atoms with Crippen LogP contribution in [0.15, 0.2) is 20.1 Å². The number of alkyl halides is 8. The van der Waals surface area contributed by atoms with E-state index in [1.165, 1.54) is 0 Å². The minimum Gasteiger partial charge on any atom is -0.109 e. The van der Waals surface area contributed by atoms with E-state index in [-0.39, 0.29) is 67.5 Å². The molecule has 0 spiro atoms. The molecule has 176 valence electrons. The minimum absolute atomic E-state index is 0.0844. The van der Waals surface area contributed by atoms with Crippen molar-refractivity contribution >= 4 is 139 Å². The predicted molar refractivity (Wildman–Crippen MR) is 138 cm³/mol. The van der Waals surface area contributed by atoms with E-state index in [0.29, 0.717) is 0 Å². The first-order valence-corrected chi connectivity index (χ1v) is 14.8. The quantitative estimate of drug-likeness (QED) is 0.177. The highest BCUT2D eigenvalue weighted by molar-refractivity contribution is 6.67. The van der Waals surface area contributed by atoms with Crippen LogP contribution in [0, 0.1) is 47.3 Å². The van der Waals surface area contributed by atoms with Crippen LogP contribution in [-0.4, -0.2) is 28.2 Å². The number of hydrogen-bond acceptors (Lipinski definition) is 0. The monoisotopic (exact) mass is 672 g/mol. The Morgan fingerprint density at radius 2 is 0.875 bits per heavy atom. The molecule has 0 aromatic heterocycles. The molecule has 0 N–H and O–H groups in total. The molecule has 0 saturated heterocycles. The molecule has 0 aliphatic heterocycles. The van der Waals surface area contributed by atoms with Gasteiger partial charge in [0, 0.05) is 0 Å². The Labute approximate surface area is 245 Å². The smallest absolute Gasteiger partial charge is 0.109 e. The van der Waals surface area contributed by atoms with Crippen LogP contribution < -0.4 is 0 Å². The molecule has 7 rings (SSSR count). The van der Waals surface area contributed by atoms with Gasteiger partial charge in [-0.25, -0.2) is 0 Å². The Balaban J connectivity index is 1.41. The Hall–Kier alpha value is 2.96. The lowest BCUT2D eigenvalue weighted by molar-refractivity contribution is 0.0869. The second kappa shape index (κ2) is 6.23. The van der Waals surface area contributed by atoms with Gasteiger partial charge in [0.05, 0.1) is 20.1 Å². The third-order valence-electron chi connectivity index (χ3n) is 10.1. The van der Waals surface area contributed by atoms with E-state index >= 15 is 0 Å². The van der Waals surface area contributed by atoms with Crippen LogP contribution in [0.4, 0.5) is 0 Å². The molecule has 0 aromatic carbocycles. The summed E-state index contributed by atoms with van der Waals surface area (Å²) in [6, 6.07) is 0. The van der Waals surface area contributed by atoms with Crippen molar-refractivity contribution in [2.75, 3.05) is 0 Å². The highest BCUT2D eigenvalue weighted by Gasteiger charge is 2.91. The molecule has 0 radical (unpaired) electrons. The fourth-order valence-electron chi connectivity index (χ4n) is 9.37. The maximum atomic E-state index is 7.23. The van der Waals surface area contributed by atoms with Crippen LogP contribution in [0.3, 0.4) is 0 Å². The second-order valence-corrected chi connectivity index (χ2v) is 17.0. The van der Waals surface area contributed by atoms with Gasteiger partial charge in [-0.3, -0.25) is 0 Å². The summed E-state index contributed by atoms with van der Waals surface area (Å²) < 4.78 is -3.10. The molecular formula is C20H12Cl12. The maximum Gasteiger partial charge on any atom is 0.166 e. The zero-order valence-electron chi connectivity index (χ0n) is 15.6. The van der Waals surface area contributed by atoms with Gasteiger partial charge in [0.2, 0.25) is 0 Å². The van der Waals surface area contributed by atoms with Gasteiger partial charge in [-0.05, 0) is 60.2 Å². The highest BCUT2D eigenvalue weighted by Crippen LogP contribution is 2.89. The van der Waals surface area contributed by atoms with E-state index in [4.69, 9.17) is 139 Å². The second-order valence-electron chi connectivity index (χ2n) is 10.5. The van der Waals surface area contributed by atoms with Crippen LogP contribution in [0.2, 0.25) is 0 Å². The lowest BCUT2D eigenvalue weighted by Gasteiger charge is -2.47. The normalized spacial score (nSPS) is 64.1. The van der Waals surface area contributed by atoms with E-state index in [1.807, 2.05) is 0 Å². The van der Waals surface area contributed by atoms with Gasteiger partial charge in [0.15, 0.2) is 8.67 Å². The van der Waals surface area contributed by atoms with Gasteiger partial charge in [0.25, 0.3) is 0 Å². The summed E-state index contributed by atoms with van der Waals surface area (Å²) in [5.41, 5.74) is 0.